The zero-order valence-electron chi connectivity index (χ0n) is 22.0. The quantitative estimate of drug-likeness (QED) is 0.253. The van der Waals surface area contributed by atoms with Gasteiger partial charge in [0, 0.05) is 43.2 Å². The highest BCUT2D eigenvalue weighted by atomic mass is 31.2. The molecule has 1 amide bonds. The number of benzene rings is 1. The van der Waals surface area contributed by atoms with Gasteiger partial charge in [-0.25, -0.2) is 0 Å². The third kappa shape index (κ3) is 4.65. The van der Waals surface area contributed by atoms with Gasteiger partial charge in [0.25, 0.3) is 5.91 Å². The van der Waals surface area contributed by atoms with Crippen LogP contribution >= 0.6 is 7.14 Å². The molecular formula is C26H30N9O3P. The minimum atomic E-state index is -2.51. The zero-order valence-corrected chi connectivity index (χ0v) is 22.9. The number of nitrogens with zero attached hydrogens (tertiary/aromatic N) is 6. The molecule has 3 heterocycles. The van der Waals surface area contributed by atoms with E-state index in [-0.39, 0.29) is 17.0 Å². The van der Waals surface area contributed by atoms with Crippen LogP contribution in [0.25, 0.3) is 11.3 Å². The first kappa shape index (κ1) is 25.1. The Hall–Kier alpha value is -4.18. The fourth-order valence-corrected chi connectivity index (χ4v) is 9.07. The molecule has 0 radical (unpaired) electrons. The maximum atomic E-state index is 14.2. The molecule has 0 unspecified atom stereocenters. The lowest BCUT2D eigenvalue weighted by Crippen LogP contribution is -2.20. The minimum absolute atomic E-state index is 0.0193. The van der Waals surface area contributed by atoms with Crippen LogP contribution in [0.3, 0.4) is 0 Å². The van der Waals surface area contributed by atoms with Crippen LogP contribution < -0.4 is 26.5 Å². The molecule has 4 N–H and O–H groups in total. The number of ether oxygens (including phenoxy) is 1. The van der Waals surface area contributed by atoms with E-state index in [0.29, 0.717) is 34.3 Å². The van der Waals surface area contributed by atoms with Gasteiger partial charge in [-0.1, -0.05) is 6.07 Å². The second-order valence-electron chi connectivity index (χ2n) is 10.1. The van der Waals surface area contributed by atoms with Crippen molar-refractivity contribution in [2.75, 3.05) is 17.7 Å². The number of hydrogen-bond donors (Lipinski definition) is 3. The van der Waals surface area contributed by atoms with E-state index in [4.69, 9.17) is 15.6 Å². The van der Waals surface area contributed by atoms with Crippen molar-refractivity contribution in [3.8, 4) is 17.0 Å². The molecule has 202 valence electrons. The van der Waals surface area contributed by atoms with Crippen LogP contribution in [0.4, 0.5) is 22.9 Å². The third-order valence-corrected chi connectivity index (χ3v) is 11.5. The Labute approximate surface area is 225 Å². The predicted octanol–water partition coefficient (Wildman–Crippen LogP) is 3.52. The number of hydrogen-bond acceptors (Lipinski definition) is 9. The molecule has 0 saturated heterocycles. The topological polar surface area (TPSA) is 155 Å². The van der Waals surface area contributed by atoms with Crippen LogP contribution in [0.15, 0.2) is 42.7 Å². The van der Waals surface area contributed by atoms with E-state index in [1.807, 2.05) is 31.3 Å². The van der Waals surface area contributed by atoms with Crippen LogP contribution in [0.1, 0.15) is 36.2 Å². The summed E-state index contributed by atoms with van der Waals surface area (Å²) in [5.74, 6) is 0.193. The number of methoxy groups -OCH3 is 1. The van der Waals surface area contributed by atoms with Crippen molar-refractivity contribution < 1.29 is 14.1 Å². The van der Waals surface area contributed by atoms with Gasteiger partial charge >= 0.3 is 0 Å². The van der Waals surface area contributed by atoms with Gasteiger partial charge in [0.05, 0.1) is 41.5 Å². The second kappa shape index (κ2) is 9.53. The summed E-state index contributed by atoms with van der Waals surface area (Å²) in [5, 5.41) is 23.4. The zero-order chi connectivity index (χ0) is 27.3. The number of para-hydroxylation sites is 1. The van der Waals surface area contributed by atoms with E-state index in [1.54, 1.807) is 42.0 Å². The molecule has 3 aromatic heterocycles. The predicted molar refractivity (Wildman–Crippen MR) is 149 cm³/mol. The molecule has 2 aliphatic carbocycles. The summed E-state index contributed by atoms with van der Waals surface area (Å²) < 4.78 is 23.4. The maximum Gasteiger partial charge on any atom is 0.271 e. The molecule has 0 atom stereocenters. The summed E-state index contributed by atoms with van der Waals surface area (Å²) in [6, 6.07) is 9.20. The maximum absolute atomic E-state index is 14.2. The molecule has 2 aliphatic rings. The van der Waals surface area contributed by atoms with Gasteiger partial charge in [0.1, 0.15) is 7.14 Å². The van der Waals surface area contributed by atoms with E-state index in [0.717, 1.165) is 36.7 Å². The molecule has 39 heavy (non-hydrogen) atoms. The molecule has 6 rings (SSSR count). The molecule has 0 spiro atoms. The Bertz CT molecular complexity index is 1600. The fourth-order valence-electron chi connectivity index (χ4n) is 5.07. The standard InChI is InChI=1S/C26H30N9O3P/c1-34-14-15(13-28-34)29-22-11-21(24(26(27)36)32-31-22)30-19-6-4-5-18(25(19)38-3)20-12-23(35(2)33-20)39(37,16-7-8-16)17-9-10-17/h4-6,11-14,16-17H,7-10H2,1-3H3,(H2,27,36)(H2,29,30,31). The monoisotopic (exact) mass is 547 g/mol. The normalized spacial score (nSPS) is 15.3. The lowest BCUT2D eigenvalue weighted by molar-refractivity contribution is 0.0995. The number of amides is 1. The van der Waals surface area contributed by atoms with Crippen molar-refractivity contribution in [3.63, 3.8) is 0 Å². The van der Waals surface area contributed by atoms with E-state index >= 15 is 0 Å². The smallest absolute Gasteiger partial charge is 0.271 e. The number of aromatic nitrogens is 6. The molecule has 4 aromatic rings. The summed E-state index contributed by atoms with van der Waals surface area (Å²) in [7, 11) is 2.74. The lowest BCUT2D eigenvalue weighted by Gasteiger charge is -2.17. The molecule has 0 aliphatic heterocycles. The second-order valence-corrected chi connectivity index (χ2v) is 13.4. The van der Waals surface area contributed by atoms with Gasteiger partial charge < -0.3 is 25.7 Å². The lowest BCUT2D eigenvalue weighted by atomic mass is 10.1. The summed E-state index contributed by atoms with van der Waals surface area (Å²) in [6.07, 6.45) is 7.53. The first-order valence-corrected chi connectivity index (χ1v) is 14.6. The summed E-state index contributed by atoms with van der Waals surface area (Å²) >= 11 is 0. The van der Waals surface area contributed by atoms with Crippen molar-refractivity contribution in [1.29, 1.82) is 0 Å². The van der Waals surface area contributed by atoms with Gasteiger partial charge in [0.15, 0.2) is 17.3 Å². The Kier molecular flexibility index (Phi) is 6.14. The molecule has 0 bridgehead atoms. The Morgan fingerprint density at radius 1 is 1.08 bits per heavy atom. The minimum Gasteiger partial charge on any atom is -0.494 e. The van der Waals surface area contributed by atoms with Gasteiger partial charge in [-0.3, -0.25) is 14.2 Å². The number of rotatable bonds is 10. The van der Waals surface area contributed by atoms with Gasteiger partial charge in [0.2, 0.25) is 0 Å². The van der Waals surface area contributed by atoms with Crippen molar-refractivity contribution in [1.82, 2.24) is 29.8 Å². The van der Waals surface area contributed by atoms with Crippen molar-refractivity contribution in [2.45, 2.75) is 37.0 Å². The molecular weight excluding hydrogens is 517 g/mol. The Morgan fingerprint density at radius 2 is 1.82 bits per heavy atom. The number of aryl methyl sites for hydroxylation is 2. The van der Waals surface area contributed by atoms with E-state index < -0.39 is 13.0 Å². The number of carbonyl (C=O) groups is 1. The van der Waals surface area contributed by atoms with Crippen LogP contribution in [0.2, 0.25) is 0 Å². The van der Waals surface area contributed by atoms with E-state index in [2.05, 4.69) is 25.9 Å². The van der Waals surface area contributed by atoms with Crippen molar-refractivity contribution in [3.05, 3.63) is 48.4 Å². The summed E-state index contributed by atoms with van der Waals surface area (Å²) in [4.78, 5) is 12.2. The number of nitrogens with two attached hydrogens (primary N) is 1. The molecule has 2 fully saturated rings. The van der Waals surface area contributed by atoms with Crippen molar-refractivity contribution >= 4 is 41.4 Å². The van der Waals surface area contributed by atoms with Gasteiger partial charge in [-0.2, -0.15) is 10.2 Å². The van der Waals surface area contributed by atoms with Gasteiger partial charge in [-0.05, 0) is 43.9 Å². The van der Waals surface area contributed by atoms with Gasteiger partial charge in [-0.15, -0.1) is 10.2 Å². The van der Waals surface area contributed by atoms with Crippen LogP contribution in [-0.2, 0) is 18.7 Å². The Morgan fingerprint density at radius 3 is 2.44 bits per heavy atom. The molecule has 12 nitrogen and oxygen atoms in total. The van der Waals surface area contributed by atoms with Crippen LogP contribution in [-0.4, -0.2) is 54.1 Å². The Balaban J connectivity index is 1.36. The summed E-state index contributed by atoms with van der Waals surface area (Å²) in [6.45, 7) is 0. The average molecular weight is 548 g/mol. The number of anilines is 4. The van der Waals surface area contributed by atoms with Crippen molar-refractivity contribution in [2.24, 2.45) is 19.8 Å². The number of nitrogens with one attached hydrogen (secondary N) is 2. The molecule has 2 saturated carbocycles. The summed E-state index contributed by atoms with van der Waals surface area (Å²) in [5.41, 5.74) is 10.0. The SMILES string of the molecule is COc1c(Nc2cc(Nc3cnn(C)c3)nnc2C(N)=O)cccc1-c1cc(P(=O)(C2CC2)C2CC2)n(C)n1. The fraction of sp³-hybridized carbons (Fsp3) is 0.346. The number of primary amides is 1. The average Bonchev–Trinajstić information content (AvgIpc) is 3.84. The molecule has 13 heteroatoms. The van der Waals surface area contributed by atoms with Crippen LogP contribution in [0, 0.1) is 0 Å². The number of carbonyl (C=O) groups excluding carboxylic acids is 1. The van der Waals surface area contributed by atoms with E-state index in [1.165, 1.54) is 0 Å². The highest BCUT2D eigenvalue weighted by Crippen LogP contribution is 2.69. The third-order valence-electron chi connectivity index (χ3n) is 7.16. The first-order valence-electron chi connectivity index (χ1n) is 12.8. The highest BCUT2D eigenvalue weighted by Gasteiger charge is 2.53. The highest BCUT2D eigenvalue weighted by molar-refractivity contribution is 7.73. The molecule has 1 aromatic carbocycles. The largest absolute Gasteiger partial charge is 0.494 e. The van der Waals surface area contributed by atoms with Crippen LogP contribution in [0.5, 0.6) is 5.75 Å². The first-order chi connectivity index (χ1) is 18.8. The van der Waals surface area contributed by atoms with E-state index in [9.17, 15) is 9.36 Å².